The molecule has 4 aromatic carbocycles. The van der Waals surface area contributed by atoms with E-state index >= 15 is 0 Å². The molecular formula is C34H36Cl2SiZr. The van der Waals surface area contributed by atoms with E-state index in [-0.39, 0.29) is 24.8 Å². The van der Waals surface area contributed by atoms with Gasteiger partial charge in [0.1, 0.15) is 0 Å². The summed E-state index contributed by atoms with van der Waals surface area (Å²) in [6.45, 7) is 7.12. The molecule has 0 unspecified atom stereocenters. The molecule has 0 bridgehead atoms. The van der Waals surface area contributed by atoms with Crippen LogP contribution in [0.3, 0.4) is 0 Å². The summed E-state index contributed by atoms with van der Waals surface area (Å²) in [6, 6.07) is 31.2. The Morgan fingerprint density at radius 1 is 0.553 bits per heavy atom. The van der Waals surface area contributed by atoms with Crippen molar-refractivity contribution < 1.29 is 17.4 Å². The van der Waals surface area contributed by atoms with Gasteiger partial charge in [0.25, 0.3) is 0 Å². The van der Waals surface area contributed by atoms with Gasteiger partial charge in [-0.2, -0.15) is 0 Å². The standard InChI is InChI=1S/2C16H13.2CH3.2ClH.H2Si.Zr/c2*1-12-9-10-14(11-12)16-8-4-6-13-5-2-3-7-15(13)16;;;;;;/h2*2-8,11H,10H2,1H3;2*1H3;2*1H;1H2;. The van der Waals surface area contributed by atoms with Crippen LogP contribution in [0.2, 0.25) is 9.26 Å². The first-order valence-corrected chi connectivity index (χ1v) is 26.4. The third-order valence-corrected chi connectivity index (χ3v) is 26.0. The van der Waals surface area contributed by atoms with Crippen LogP contribution in [0.1, 0.15) is 37.8 Å². The Balaban J connectivity index is 0.00000168. The normalized spacial score (nSPS) is 15.9. The largest absolute Gasteiger partial charge is 0.147 e. The van der Waals surface area contributed by atoms with E-state index in [0.717, 1.165) is 12.8 Å². The van der Waals surface area contributed by atoms with E-state index in [1.807, 2.05) is 0 Å². The second kappa shape index (κ2) is 10.5. The maximum atomic E-state index is 2.68. The Hall–Kier alpha value is -1.96. The van der Waals surface area contributed by atoms with E-state index < -0.39 is 17.4 Å². The molecule has 4 aromatic rings. The van der Waals surface area contributed by atoms with Crippen LogP contribution in [0.15, 0.2) is 115 Å². The second-order valence-corrected chi connectivity index (χ2v) is 40.5. The van der Waals surface area contributed by atoms with E-state index in [9.17, 15) is 0 Å². The van der Waals surface area contributed by atoms with Crippen molar-refractivity contribution in [2.45, 2.75) is 36.0 Å². The number of fused-ring (bicyclic) bond motifs is 2. The molecule has 0 N–H and O–H groups in total. The molecule has 194 valence electrons. The summed E-state index contributed by atoms with van der Waals surface area (Å²) in [6.07, 6.45) is 7.19. The summed E-state index contributed by atoms with van der Waals surface area (Å²) < 4.78 is 8.88. The van der Waals surface area contributed by atoms with Crippen molar-refractivity contribution in [3.8, 4) is 0 Å². The summed E-state index contributed by atoms with van der Waals surface area (Å²) in [5.41, 5.74) is 8.83. The van der Waals surface area contributed by atoms with Crippen molar-refractivity contribution >= 4 is 64.4 Å². The molecular weight excluding hydrogens is 599 g/mol. The molecule has 4 heteroatoms. The van der Waals surface area contributed by atoms with Crippen molar-refractivity contribution in [2.75, 3.05) is 0 Å². The fourth-order valence-corrected chi connectivity index (χ4v) is 22.8. The fourth-order valence-electron chi connectivity index (χ4n) is 6.83. The fraction of sp³-hybridized carbons (Fsp3) is 0.176. The summed E-state index contributed by atoms with van der Waals surface area (Å²) in [5, 5.41) is 5.40. The maximum Gasteiger partial charge on any atom is -0.147 e. The summed E-state index contributed by atoms with van der Waals surface area (Å²) in [5.74, 6) is 0. The Bertz CT molecular complexity index is 1640. The van der Waals surface area contributed by atoms with Crippen molar-refractivity contribution in [1.82, 2.24) is 0 Å². The molecule has 0 saturated heterocycles. The molecule has 0 aliphatic heterocycles. The van der Waals surface area contributed by atoms with Crippen LogP contribution in [-0.4, -0.2) is 6.88 Å². The Morgan fingerprint density at radius 2 is 0.921 bits per heavy atom. The minimum atomic E-state index is -3.37. The molecule has 0 amide bonds. The van der Waals surface area contributed by atoms with Gasteiger partial charge < -0.3 is 0 Å². The van der Waals surface area contributed by atoms with E-state index in [1.54, 1.807) is 6.56 Å². The minimum Gasteiger partial charge on any atom is -0.147 e. The third-order valence-electron chi connectivity index (χ3n) is 8.67. The van der Waals surface area contributed by atoms with Crippen LogP contribution < -0.4 is 0 Å². The summed E-state index contributed by atoms with van der Waals surface area (Å²) in [7, 11) is 0. The predicted molar refractivity (Wildman–Crippen MR) is 173 cm³/mol. The van der Waals surface area contributed by atoms with E-state index in [0.29, 0.717) is 0 Å². The van der Waals surface area contributed by atoms with E-state index in [4.69, 9.17) is 0 Å². The Kier molecular flexibility index (Phi) is 8.06. The van der Waals surface area contributed by atoms with Gasteiger partial charge in [-0.05, 0) is 0 Å². The Morgan fingerprint density at radius 3 is 1.34 bits per heavy atom. The monoisotopic (exact) mass is 632 g/mol. The van der Waals surface area contributed by atoms with Crippen LogP contribution in [-0.2, 0) is 17.4 Å². The molecule has 2 aliphatic carbocycles. The first-order chi connectivity index (χ1) is 17.2. The molecule has 0 spiro atoms. The number of halogens is 2. The van der Waals surface area contributed by atoms with Crippen molar-refractivity contribution in [3.05, 3.63) is 126 Å². The SMILES string of the molecule is CC1=[C]([Zr]([CH3])([CH3])(=[SiH2])[C]2=C(C)C=C(c3cccc4ccccc34)C2)CC(c2cccc3ccccc23)=C1.Cl.Cl. The van der Waals surface area contributed by atoms with Gasteiger partial charge in [-0.1, -0.05) is 0 Å². The molecule has 0 saturated carbocycles. The molecule has 0 atom stereocenters. The minimum absolute atomic E-state index is 0. The molecule has 0 fully saturated rings. The van der Waals surface area contributed by atoms with Gasteiger partial charge in [-0.15, -0.1) is 24.8 Å². The summed E-state index contributed by atoms with van der Waals surface area (Å²) >= 11 is -3.37. The summed E-state index contributed by atoms with van der Waals surface area (Å²) in [4.78, 5) is 0. The molecule has 0 heterocycles. The first-order valence-electron chi connectivity index (χ1n) is 13.1. The number of rotatable bonds is 4. The molecule has 0 nitrogen and oxygen atoms in total. The van der Waals surface area contributed by atoms with Crippen LogP contribution in [0, 0.1) is 0 Å². The molecule has 0 aromatic heterocycles. The van der Waals surface area contributed by atoms with E-state index in [1.165, 1.54) is 55.0 Å². The second-order valence-electron chi connectivity index (χ2n) is 11.8. The smallest absolute Gasteiger partial charge is 0.147 e. The maximum absolute atomic E-state index is 3.37. The van der Waals surface area contributed by atoms with Crippen LogP contribution >= 0.6 is 24.8 Å². The molecule has 6 rings (SSSR count). The van der Waals surface area contributed by atoms with Crippen LogP contribution in [0.4, 0.5) is 0 Å². The number of benzene rings is 4. The first kappa shape index (κ1) is 29.0. The number of allylic oxidation sites excluding steroid dienone is 8. The van der Waals surface area contributed by atoms with Gasteiger partial charge >= 0.3 is 219 Å². The third kappa shape index (κ3) is 4.79. The topological polar surface area (TPSA) is 0 Å². The van der Waals surface area contributed by atoms with Crippen molar-refractivity contribution in [2.24, 2.45) is 0 Å². The van der Waals surface area contributed by atoms with Gasteiger partial charge in [-0.25, -0.2) is 0 Å². The van der Waals surface area contributed by atoms with Crippen molar-refractivity contribution in [3.63, 3.8) is 0 Å². The molecule has 2 aliphatic rings. The quantitative estimate of drug-likeness (QED) is 0.196. The zero-order chi connectivity index (χ0) is 25.1. The van der Waals surface area contributed by atoms with Gasteiger partial charge in [0.05, 0.1) is 0 Å². The van der Waals surface area contributed by atoms with Gasteiger partial charge in [0.15, 0.2) is 0 Å². The predicted octanol–water partition coefficient (Wildman–Crippen LogP) is 9.99. The van der Waals surface area contributed by atoms with Crippen LogP contribution in [0.5, 0.6) is 0 Å². The Labute approximate surface area is 241 Å². The molecule has 38 heavy (non-hydrogen) atoms. The van der Waals surface area contributed by atoms with Gasteiger partial charge in [0.2, 0.25) is 0 Å². The van der Waals surface area contributed by atoms with Gasteiger partial charge in [-0.3, -0.25) is 0 Å². The van der Waals surface area contributed by atoms with E-state index in [2.05, 4.69) is 127 Å². The average Bonchev–Trinajstić information content (AvgIpc) is 3.47. The molecule has 0 radical (unpaired) electrons. The average molecular weight is 635 g/mol. The zero-order valence-corrected chi connectivity index (χ0v) is 28.2. The number of hydrogen-bond donors (Lipinski definition) is 0. The zero-order valence-electron chi connectivity index (χ0n) is 22.7. The van der Waals surface area contributed by atoms with Crippen molar-refractivity contribution in [1.29, 1.82) is 0 Å². The van der Waals surface area contributed by atoms with Gasteiger partial charge in [0, 0.05) is 0 Å². The van der Waals surface area contributed by atoms with Crippen LogP contribution in [0.25, 0.3) is 32.7 Å². The number of hydrogen-bond acceptors (Lipinski definition) is 0.